The van der Waals surface area contributed by atoms with Gasteiger partial charge in [0.05, 0.1) is 6.61 Å². The molecule has 146 valence electrons. The third kappa shape index (κ3) is 3.86. The summed E-state index contributed by atoms with van der Waals surface area (Å²) in [5.74, 6) is -0.625. The zero-order chi connectivity index (χ0) is 20.3. The summed E-state index contributed by atoms with van der Waals surface area (Å²) >= 11 is 0. The van der Waals surface area contributed by atoms with Gasteiger partial charge >= 0.3 is 5.97 Å². The molecular weight excluding hydrogens is 350 g/mol. The molecule has 4 nitrogen and oxygen atoms in total. The number of esters is 1. The van der Waals surface area contributed by atoms with Crippen LogP contribution in [0.1, 0.15) is 53.4 Å². The number of carbonyl (C=O) groups is 2. The largest absolute Gasteiger partial charge is 0.464 e. The van der Waals surface area contributed by atoms with E-state index in [-0.39, 0.29) is 18.5 Å². The molecule has 0 spiro atoms. The second kappa shape index (κ2) is 8.01. The third-order valence-electron chi connectivity index (χ3n) is 5.19. The summed E-state index contributed by atoms with van der Waals surface area (Å²) in [5, 5.41) is 3.03. The van der Waals surface area contributed by atoms with Crippen molar-refractivity contribution in [2.75, 3.05) is 6.61 Å². The highest BCUT2D eigenvalue weighted by Crippen LogP contribution is 2.32. The van der Waals surface area contributed by atoms with Gasteiger partial charge in [-0.1, -0.05) is 48.0 Å². The molecule has 0 bridgehead atoms. The lowest BCUT2D eigenvalue weighted by molar-refractivity contribution is -0.150. The Balaban J connectivity index is 1.94. The number of benzene rings is 2. The molecule has 3 rings (SSSR count). The molecule has 28 heavy (non-hydrogen) atoms. The fraction of sp³-hybridized carbons (Fsp3) is 0.333. The molecule has 0 aromatic heterocycles. The van der Waals surface area contributed by atoms with Crippen LogP contribution in [0, 0.1) is 6.92 Å². The molecule has 0 heterocycles. The normalized spacial score (nSPS) is 14.1. The van der Waals surface area contributed by atoms with E-state index in [9.17, 15) is 9.59 Å². The van der Waals surface area contributed by atoms with Gasteiger partial charge in [0.2, 0.25) is 0 Å². The average molecular weight is 377 g/mol. The van der Waals surface area contributed by atoms with E-state index in [0.717, 1.165) is 27.8 Å². The number of allylic oxidation sites excluding steroid dienone is 1. The van der Waals surface area contributed by atoms with E-state index in [1.54, 1.807) is 13.0 Å². The molecule has 0 unspecified atom stereocenters. The number of nitrogens with one attached hydrogen (secondary N) is 1. The molecule has 4 heteroatoms. The maximum Gasteiger partial charge on any atom is 0.332 e. The highest BCUT2D eigenvalue weighted by molar-refractivity contribution is 6.00. The van der Waals surface area contributed by atoms with E-state index in [1.807, 2.05) is 57.2 Å². The number of carbonyl (C=O) groups excluding carboxylic acids is 2. The summed E-state index contributed by atoms with van der Waals surface area (Å²) < 4.78 is 5.34. The lowest BCUT2D eigenvalue weighted by Crippen LogP contribution is -2.56. The first-order chi connectivity index (χ1) is 13.4. The summed E-state index contributed by atoms with van der Waals surface area (Å²) in [7, 11) is 0. The van der Waals surface area contributed by atoms with E-state index < -0.39 is 5.54 Å². The number of hydrogen-bond acceptors (Lipinski definition) is 3. The van der Waals surface area contributed by atoms with Crippen LogP contribution in [-0.2, 0) is 22.4 Å². The van der Waals surface area contributed by atoms with Crippen molar-refractivity contribution in [3.05, 3.63) is 75.9 Å². The number of hydrogen-bond donors (Lipinski definition) is 1. The Bertz CT molecular complexity index is 914. The molecule has 0 atom stereocenters. The maximum atomic E-state index is 13.2. The lowest BCUT2D eigenvalue weighted by Gasteiger charge is -2.28. The Hall–Kier alpha value is -2.88. The van der Waals surface area contributed by atoms with Crippen molar-refractivity contribution < 1.29 is 14.3 Å². The molecule has 2 aromatic rings. The molecule has 1 aliphatic carbocycles. The van der Waals surface area contributed by atoms with Crippen LogP contribution in [0.3, 0.4) is 0 Å². The van der Waals surface area contributed by atoms with E-state index in [2.05, 4.69) is 11.4 Å². The zero-order valence-corrected chi connectivity index (χ0v) is 17.0. The SMILES string of the molecule is CCOC(=O)C1(NC(=O)c2cccc(C=C(C)C)c2C)Cc2ccccc2C1. The van der Waals surface area contributed by atoms with Gasteiger partial charge in [-0.05, 0) is 56.0 Å². The highest BCUT2D eigenvalue weighted by Gasteiger charge is 2.46. The minimum atomic E-state index is -1.06. The summed E-state index contributed by atoms with van der Waals surface area (Å²) in [4.78, 5) is 26.0. The van der Waals surface area contributed by atoms with Gasteiger partial charge in [0, 0.05) is 18.4 Å². The predicted molar refractivity (Wildman–Crippen MR) is 111 cm³/mol. The molecule has 1 amide bonds. The van der Waals surface area contributed by atoms with Crippen molar-refractivity contribution >= 4 is 18.0 Å². The Morgan fingerprint density at radius 1 is 1.07 bits per heavy atom. The lowest BCUT2D eigenvalue weighted by atomic mass is 9.93. The van der Waals surface area contributed by atoms with Gasteiger partial charge < -0.3 is 10.1 Å². The van der Waals surface area contributed by atoms with E-state index >= 15 is 0 Å². The second-order valence-corrected chi connectivity index (χ2v) is 7.62. The Labute approximate surface area is 166 Å². The first kappa shape index (κ1) is 19.9. The molecule has 0 fully saturated rings. The van der Waals surface area contributed by atoms with E-state index in [0.29, 0.717) is 18.4 Å². The first-order valence-electron chi connectivity index (χ1n) is 9.67. The van der Waals surface area contributed by atoms with Crippen LogP contribution < -0.4 is 5.32 Å². The van der Waals surface area contributed by atoms with Crippen molar-refractivity contribution in [2.45, 2.75) is 46.1 Å². The maximum absolute atomic E-state index is 13.2. The Kier molecular flexibility index (Phi) is 5.68. The molecule has 0 saturated heterocycles. The summed E-state index contributed by atoms with van der Waals surface area (Å²) in [6, 6.07) is 13.6. The van der Waals surface area contributed by atoms with Crippen molar-refractivity contribution in [3.63, 3.8) is 0 Å². The van der Waals surface area contributed by atoms with Gasteiger partial charge in [0.15, 0.2) is 0 Å². The van der Waals surface area contributed by atoms with Crippen LogP contribution in [0.25, 0.3) is 6.08 Å². The molecule has 2 aromatic carbocycles. The van der Waals surface area contributed by atoms with Crippen LogP contribution in [-0.4, -0.2) is 24.0 Å². The monoisotopic (exact) mass is 377 g/mol. The summed E-state index contributed by atoms with van der Waals surface area (Å²) in [6.07, 6.45) is 2.94. The van der Waals surface area contributed by atoms with Crippen LogP contribution in [0.15, 0.2) is 48.0 Å². The quantitative estimate of drug-likeness (QED) is 0.793. The second-order valence-electron chi connectivity index (χ2n) is 7.62. The molecule has 0 radical (unpaired) electrons. The number of ether oxygens (including phenoxy) is 1. The van der Waals surface area contributed by atoms with Gasteiger partial charge in [-0.3, -0.25) is 4.79 Å². The minimum Gasteiger partial charge on any atom is -0.464 e. The van der Waals surface area contributed by atoms with Gasteiger partial charge in [-0.25, -0.2) is 4.79 Å². The van der Waals surface area contributed by atoms with Gasteiger partial charge in [-0.15, -0.1) is 0 Å². The molecule has 0 aliphatic heterocycles. The molecule has 1 N–H and O–H groups in total. The fourth-order valence-corrected chi connectivity index (χ4v) is 3.82. The van der Waals surface area contributed by atoms with Crippen LogP contribution >= 0.6 is 0 Å². The minimum absolute atomic E-state index is 0.248. The van der Waals surface area contributed by atoms with Crippen LogP contribution in [0.4, 0.5) is 0 Å². The van der Waals surface area contributed by atoms with E-state index in [4.69, 9.17) is 4.74 Å². The Morgan fingerprint density at radius 3 is 2.29 bits per heavy atom. The fourth-order valence-electron chi connectivity index (χ4n) is 3.82. The smallest absolute Gasteiger partial charge is 0.332 e. The van der Waals surface area contributed by atoms with Crippen molar-refractivity contribution in [1.29, 1.82) is 0 Å². The average Bonchev–Trinajstić information content (AvgIpc) is 3.02. The Morgan fingerprint density at radius 2 is 1.71 bits per heavy atom. The number of rotatable bonds is 5. The van der Waals surface area contributed by atoms with Gasteiger partial charge in [0.1, 0.15) is 5.54 Å². The van der Waals surface area contributed by atoms with Gasteiger partial charge in [-0.2, -0.15) is 0 Å². The summed E-state index contributed by atoms with van der Waals surface area (Å²) in [6.45, 7) is 8.05. The van der Waals surface area contributed by atoms with Crippen molar-refractivity contribution in [3.8, 4) is 0 Å². The van der Waals surface area contributed by atoms with E-state index in [1.165, 1.54) is 0 Å². The zero-order valence-electron chi connectivity index (χ0n) is 17.0. The molecular formula is C24H27NO3. The molecule has 1 aliphatic rings. The third-order valence-corrected chi connectivity index (χ3v) is 5.19. The van der Waals surface area contributed by atoms with Crippen molar-refractivity contribution in [1.82, 2.24) is 5.32 Å². The number of fused-ring (bicyclic) bond motifs is 1. The molecule has 0 saturated carbocycles. The van der Waals surface area contributed by atoms with Crippen LogP contribution in [0.2, 0.25) is 0 Å². The predicted octanol–water partition coefficient (Wildman–Crippen LogP) is 4.25. The van der Waals surface area contributed by atoms with Crippen molar-refractivity contribution in [2.24, 2.45) is 0 Å². The van der Waals surface area contributed by atoms with Crippen LogP contribution in [0.5, 0.6) is 0 Å². The summed E-state index contributed by atoms with van der Waals surface area (Å²) in [5.41, 5.74) is 4.74. The standard InChI is InChI=1S/C24H27NO3/c1-5-28-23(27)24(14-19-9-6-7-10-20(19)15-24)25-22(26)21-12-8-11-18(17(21)4)13-16(2)3/h6-13H,5,14-15H2,1-4H3,(H,25,26). The first-order valence-corrected chi connectivity index (χ1v) is 9.67. The van der Waals surface area contributed by atoms with Gasteiger partial charge in [0.25, 0.3) is 5.91 Å². The topological polar surface area (TPSA) is 55.4 Å². The number of amides is 1. The highest BCUT2D eigenvalue weighted by atomic mass is 16.5.